The second-order valence-corrected chi connectivity index (χ2v) is 4.75. The molecule has 16 heavy (non-hydrogen) atoms. The summed E-state index contributed by atoms with van der Waals surface area (Å²) < 4.78 is 1.75. The molecule has 0 aromatic carbocycles. The minimum Gasteiger partial charge on any atom is -0.356 e. The van der Waals surface area contributed by atoms with E-state index in [-0.39, 0.29) is 5.91 Å². The monoisotopic (exact) mass is 224 g/mol. The zero-order chi connectivity index (χ0) is 12.2. The summed E-state index contributed by atoms with van der Waals surface area (Å²) in [5, 5.41) is 7.05. The first-order valence-corrected chi connectivity index (χ1v) is 5.41. The normalized spacial score (nSPS) is 11.5. The van der Waals surface area contributed by atoms with E-state index < -0.39 is 5.54 Å². The second-order valence-electron chi connectivity index (χ2n) is 4.75. The fourth-order valence-corrected chi connectivity index (χ4v) is 1.40. The van der Waals surface area contributed by atoms with Gasteiger partial charge in [0, 0.05) is 38.2 Å². The van der Waals surface area contributed by atoms with E-state index >= 15 is 0 Å². The molecule has 0 saturated carbocycles. The number of hydrogen-bond donors (Lipinski definition) is 2. The number of hydrogen-bond acceptors (Lipinski definition) is 3. The maximum absolute atomic E-state index is 11.4. The lowest BCUT2D eigenvalue weighted by molar-refractivity contribution is -0.121. The van der Waals surface area contributed by atoms with Crippen molar-refractivity contribution in [1.29, 1.82) is 0 Å². The summed E-state index contributed by atoms with van der Waals surface area (Å²) in [5.41, 5.74) is 6.28. The molecule has 0 radical (unpaired) electrons. The first kappa shape index (κ1) is 12.7. The van der Waals surface area contributed by atoms with Crippen LogP contribution in [0.1, 0.15) is 26.0 Å². The Hall–Kier alpha value is -1.36. The summed E-state index contributed by atoms with van der Waals surface area (Å²) in [6, 6.07) is 1.94. The van der Waals surface area contributed by atoms with Crippen LogP contribution in [0, 0.1) is 0 Å². The molecule has 0 saturated heterocycles. The molecule has 1 aromatic heterocycles. The highest BCUT2D eigenvalue weighted by Gasteiger charge is 2.15. The summed E-state index contributed by atoms with van der Waals surface area (Å²) in [5.74, 6) is -0.0107. The van der Waals surface area contributed by atoms with Gasteiger partial charge in [-0.1, -0.05) is 0 Å². The average Bonchev–Trinajstić information content (AvgIpc) is 2.48. The molecule has 3 N–H and O–H groups in total. The van der Waals surface area contributed by atoms with Gasteiger partial charge >= 0.3 is 0 Å². The highest BCUT2D eigenvalue weighted by atomic mass is 16.1. The Bertz CT molecular complexity index is 351. The first-order valence-electron chi connectivity index (χ1n) is 5.41. The van der Waals surface area contributed by atoms with E-state index in [0.717, 1.165) is 12.1 Å². The Morgan fingerprint density at radius 2 is 2.31 bits per heavy atom. The molecule has 0 bridgehead atoms. The molecule has 1 aromatic rings. The topological polar surface area (TPSA) is 72.9 Å². The Morgan fingerprint density at radius 3 is 2.81 bits per heavy atom. The van der Waals surface area contributed by atoms with Crippen LogP contribution in [-0.2, 0) is 18.3 Å². The summed E-state index contributed by atoms with van der Waals surface area (Å²) in [7, 11) is 1.87. The fourth-order valence-electron chi connectivity index (χ4n) is 1.40. The van der Waals surface area contributed by atoms with Crippen LogP contribution in [0.3, 0.4) is 0 Å². The van der Waals surface area contributed by atoms with Crippen molar-refractivity contribution in [2.24, 2.45) is 12.8 Å². The molecule has 1 amide bonds. The van der Waals surface area contributed by atoms with Crippen molar-refractivity contribution in [1.82, 2.24) is 15.1 Å². The average molecular weight is 224 g/mol. The molecular formula is C11H20N4O. The van der Waals surface area contributed by atoms with Crippen LogP contribution in [0.5, 0.6) is 0 Å². The molecule has 0 spiro atoms. The van der Waals surface area contributed by atoms with Crippen molar-refractivity contribution in [2.45, 2.75) is 32.2 Å². The van der Waals surface area contributed by atoms with Crippen molar-refractivity contribution in [3.63, 3.8) is 0 Å². The van der Waals surface area contributed by atoms with Gasteiger partial charge in [-0.25, -0.2) is 0 Å². The number of rotatable bonds is 5. The number of aromatic nitrogens is 2. The van der Waals surface area contributed by atoms with E-state index in [4.69, 9.17) is 5.73 Å². The lowest BCUT2D eigenvalue weighted by Gasteiger charge is -2.17. The van der Waals surface area contributed by atoms with Crippen LogP contribution in [0.15, 0.2) is 12.3 Å². The van der Waals surface area contributed by atoms with Crippen LogP contribution in [0.2, 0.25) is 0 Å². The van der Waals surface area contributed by atoms with Gasteiger partial charge in [0.25, 0.3) is 0 Å². The molecule has 0 aliphatic rings. The molecular weight excluding hydrogens is 204 g/mol. The molecule has 0 aliphatic heterocycles. The third-order valence-corrected chi connectivity index (χ3v) is 2.09. The van der Waals surface area contributed by atoms with Gasteiger partial charge in [0.05, 0.1) is 5.69 Å². The quantitative estimate of drug-likeness (QED) is 0.750. The molecule has 5 heteroatoms. The maximum Gasteiger partial charge on any atom is 0.221 e. The van der Waals surface area contributed by atoms with E-state index in [0.29, 0.717) is 13.0 Å². The van der Waals surface area contributed by atoms with Gasteiger partial charge in [0.15, 0.2) is 0 Å². The van der Waals surface area contributed by atoms with Gasteiger partial charge in [-0.15, -0.1) is 0 Å². The molecule has 0 unspecified atom stereocenters. The van der Waals surface area contributed by atoms with Gasteiger partial charge in [-0.3, -0.25) is 9.48 Å². The lowest BCUT2D eigenvalue weighted by Crippen LogP contribution is -2.39. The predicted octanol–water partition coefficient (Wildman–Crippen LogP) is 0.206. The minimum atomic E-state index is -0.449. The standard InChI is InChI=1S/C11H20N4O/c1-11(2,12)8-10(16)13-6-4-9-5-7-15(3)14-9/h5,7H,4,6,8,12H2,1-3H3,(H,13,16). The number of nitrogens with one attached hydrogen (secondary N) is 1. The van der Waals surface area contributed by atoms with E-state index in [1.54, 1.807) is 4.68 Å². The zero-order valence-corrected chi connectivity index (χ0v) is 10.2. The van der Waals surface area contributed by atoms with Gasteiger partial charge in [0.1, 0.15) is 0 Å². The van der Waals surface area contributed by atoms with E-state index in [9.17, 15) is 4.79 Å². The van der Waals surface area contributed by atoms with Crippen LogP contribution >= 0.6 is 0 Å². The van der Waals surface area contributed by atoms with Crippen LogP contribution in [-0.4, -0.2) is 27.8 Å². The first-order chi connectivity index (χ1) is 7.37. The van der Waals surface area contributed by atoms with Crippen molar-refractivity contribution in [2.75, 3.05) is 6.54 Å². The Kier molecular flexibility index (Phi) is 4.06. The summed E-state index contributed by atoms with van der Waals surface area (Å²) >= 11 is 0. The number of carbonyl (C=O) groups is 1. The molecule has 0 atom stereocenters. The third-order valence-electron chi connectivity index (χ3n) is 2.09. The van der Waals surface area contributed by atoms with E-state index in [1.165, 1.54) is 0 Å². The number of nitrogens with zero attached hydrogens (tertiary/aromatic N) is 2. The molecule has 0 aliphatic carbocycles. The fraction of sp³-hybridized carbons (Fsp3) is 0.636. The smallest absolute Gasteiger partial charge is 0.221 e. The van der Waals surface area contributed by atoms with Crippen LogP contribution in [0.25, 0.3) is 0 Å². The third kappa shape index (κ3) is 4.93. The summed E-state index contributed by atoms with van der Waals surface area (Å²) in [6.07, 6.45) is 2.98. The van der Waals surface area contributed by atoms with Gasteiger partial charge in [0.2, 0.25) is 5.91 Å². The van der Waals surface area contributed by atoms with Crippen LogP contribution < -0.4 is 11.1 Å². The van der Waals surface area contributed by atoms with Crippen molar-refractivity contribution in [3.05, 3.63) is 18.0 Å². The van der Waals surface area contributed by atoms with Gasteiger partial charge in [-0.05, 0) is 19.9 Å². The number of aryl methyl sites for hydroxylation is 1. The summed E-state index contributed by atoms with van der Waals surface area (Å²) in [4.78, 5) is 11.4. The number of carbonyl (C=O) groups excluding carboxylic acids is 1. The SMILES string of the molecule is Cn1ccc(CCNC(=O)CC(C)(C)N)n1. The molecule has 1 rings (SSSR count). The van der Waals surface area contributed by atoms with Crippen LogP contribution in [0.4, 0.5) is 0 Å². The van der Waals surface area contributed by atoms with Gasteiger partial charge in [-0.2, -0.15) is 5.10 Å². The minimum absolute atomic E-state index is 0.0107. The largest absolute Gasteiger partial charge is 0.356 e. The van der Waals surface area contributed by atoms with E-state index in [1.807, 2.05) is 33.2 Å². The molecule has 1 heterocycles. The van der Waals surface area contributed by atoms with Gasteiger partial charge < -0.3 is 11.1 Å². The van der Waals surface area contributed by atoms with Crippen molar-refractivity contribution >= 4 is 5.91 Å². The number of amides is 1. The number of nitrogens with two attached hydrogens (primary N) is 1. The predicted molar refractivity (Wildman–Crippen MR) is 62.8 cm³/mol. The van der Waals surface area contributed by atoms with Crippen molar-refractivity contribution in [3.8, 4) is 0 Å². The highest BCUT2D eigenvalue weighted by molar-refractivity contribution is 5.77. The lowest BCUT2D eigenvalue weighted by atomic mass is 10.0. The highest BCUT2D eigenvalue weighted by Crippen LogP contribution is 2.02. The molecule has 90 valence electrons. The molecule has 5 nitrogen and oxygen atoms in total. The zero-order valence-electron chi connectivity index (χ0n) is 10.2. The maximum atomic E-state index is 11.4. The molecule has 0 fully saturated rings. The Balaban J connectivity index is 2.23. The second kappa shape index (κ2) is 5.12. The van der Waals surface area contributed by atoms with E-state index in [2.05, 4.69) is 10.4 Å². The Morgan fingerprint density at radius 1 is 1.62 bits per heavy atom. The van der Waals surface area contributed by atoms with Crippen molar-refractivity contribution < 1.29 is 4.79 Å². The Labute approximate surface area is 96.0 Å². The summed E-state index contributed by atoms with van der Waals surface area (Å²) in [6.45, 7) is 4.28.